The molecule has 1 saturated heterocycles. The highest BCUT2D eigenvalue weighted by Gasteiger charge is 2.25. The average Bonchev–Trinajstić information content (AvgIpc) is 3.01. The lowest BCUT2D eigenvalue weighted by molar-refractivity contribution is 0.409. The van der Waals surface area contributed by atoms with Crippen molar-refractivity contribution in [1.82, 2.24) is 20.1 Å². The van der Waals surface area contributed by atoms with Crippen molar-refractivity contribution in [3.8, 4) is 0 Å². The summed E-state index contributed by atoms with van der Waals surface area (Å²) in [7, 11) is 0. The average molecular weight is 220 g/mol. The van der Waals surface area contributed by atoms with Gasteiger partial charge in [0, 0.05) is 18.5 Å². The number of aromatic nitrogens is 3. The summed E-state index contributed by atoms with van der Waals surface area (Å²) >= 11 is 0. The maximum Gasteiger partial charge on any atom is 0.137 e. The molecule has 88 valence electrons. The molecule has 2 aliphatic rings. The van der Waals surface area contributed by atoms with Gasteiger partial charge in [0.1, 0.15) is 12.2 Å². The Balaban J connectivity index is 1.80. The Labute approximate surface area is 96.4 Å². The van der Waals surface area contributed by atoms with Gasteiger partial charge in [0.15, 0.2) is 0 Å². The lowest BCUT2D eigenvalue weighted by Gasteiger charge is -2.24. The van der Waals surface area contributed by atoms with Crippen molar-refractivity contribution in [2.24, 2.45) is 0 Å². The molecule has 0 radical (unpaired) electrons. The molecule has 0 spiro atoms. The molecule has 4 heteroatoms. The molecule has 3 rings (SSSR count). The number of rotatable bonds is 2. The highest BCUT2D eigenvalue weighted by molar-refractivity contribution is 5.01. The van der Waals surface area contributed by atoms with Crippen LogP contribution in [0.5, 0.6) is 0 Å². The minimum absolute atomic E-state index is 0.580. The van der Waals surface area contributed by atoms with E-state index in [9.17, 15) is 0 Å². The van der Waals surface area contributed by atoms with Crippen LogP contribution in [0.4, 0.5) is 0 Å². The van der Waals surface area contributed by atoms with Gasteiger partial charge in [-0.1, -0.05) is 12.8 Å². The quantitative estimate of drug-likeness (QED) is 0.827. The normalized spacial score (nSPS) is 27.4. The maximum absolute atomic E-state index is 4.36. The maximum atomic E-state index is 4.36. The molecule has 1 unspecified atom stereocenters. The van der Waals surface area contributed by atoms with E-state index in [-0.39, 0.29) is 0 Å². The van der Waals surface area contributed by atoms with Gasteiger partial charge in [-0.2, -0.15) is 0 Å². The molecule has 1 saturated carbocycles. The van der Waals surface area contributed by atoms with Crippen molar-refractivity contribution in [3.05, 3.63) is 12.2 Å². The summed E-state index contributed by atoms with van der Waals surface area (Å²) in [5.74, 6) is 1.80. The van der Waals surface area contributed by atoms with E-state index in [1.807, 2.05) is 6.33 Å². The van der Waals surface area contributed by atoms with Gasteiger partial charge >= 0.3 is 0 Å². The van der Waals surface area contributed by atoms with Gasteiger partial charge in [0.2, 0.25) is 0 Å². The van der Waals surface area contributed by atoms with Gasteiger partial charge in [0.05, 0.1) is 0 Å². The van der Waals surface area contributed by atoms with Crippen molar-refractivity contribution < 1.29 is 0 Å². The molecule has 1 N–H and O–H groups in total. The minimum atomic E-state index is 0.580. The summed E-state index contributed by atoms with van der Waals surface area (Å²) in [5, 5.41) is 11.9. The largest absolute Gasteiger partial charge is 0.316 e. The summed E-state index contributed by atoms with van der Waals surface area (Å²) in [6.45, 7) is 2.24. The second kappa shape index (κ2) is 4.53. The van der Waals surface area contributed by atoms with Gasteiger partial charge in [-0.25, -0.2) is 0 Å². The van der Waals surface area contributed by atoms with Gasteiger partial charge in [0.25, 0.3) is 0 Å². The molecule has 16 heavy (non-hydrogen) atoms. The van der Waals surface area contributed by atoms with E-state index in [1.165, 1.54) is 44.3 Å². The van der Waals surface area contributed by atoms with Gasteiger partial charge in [-0.05, 0) is 32.2 Å². The summed E-state index contributed by atoms with van der Waals surface area (Å²) in [5.41, 5.74) is 0. The van der Waals surface area contributed by atoms with E-state index in [0.29, 0.717) is 12.0 Å². The third kappa shape index (κ3) is 1.86. The van der Waals surface area contributed by atoms with Crippen LogP contribution in [0.3, 0.4) is 0 Å². The molecule has 0 bridgehead atoms. The fourth-order valence-corrected chi connectivity index (χ4v) is 3.08. The summed E-state index contributed by atoms with van der Waals surface area (Å²) in [6.07, 6.45) is 9.83. The number of nitrogens with zero attached hydrogens (tertiary/aromatic N) is 3. The Morgan fingerprint density at radius 3 is 2.81 bits per heavy atom. The Kier molecular flexibility index (Phi) is 2.91. The first kappa shape index (κ1) is 10.3. The second-order valence-electron chi connectivity index (χ2n) is 5.08. The summed E-state index contributed by atoms with van der Waals surface area (Å²) < 4.78 is 2.35. The zero-order valence-electron chi connectivity index (χ0n) is 9.73. The molecule has 2 fully saturated rings. The van der Waals surface area contributed by atoms with E-state index in [4.69, 9.17) is 0 Å². The molecular formula is C12H20N4. The van der Waals surface area contributed by atoms with E-state index < -0.39 is 0 Å². The first-order chi connectivity index (χ1) is 7.95. The molecule has 1 aromatic heterocycles. The second-order valence-corrected chi connectivity index (χ2v) is 5.08. The van der Waals surface area contributed by atoms with Crippen LogP contribution >= 0.6 is 0 Å². The van der Waals surface area contributed by atoms with Crippen LogP contribution in [0.25, 0.3) is 0 Å². The zero-order valence-corrected chi connectivity index (χ0v) is 9.73. The topological polar surface area (TPSA) is 42.7 Å². The summed E-state index contributed by atoms with van der Waals surface area (Å²) in [4.78, 5) is 0. The van der Waals surface area contributed by atoms with Crippen LogP contribution in [0.2, 0.25) is 0 Å². The number of piperidine rings is 1. The van der Waals surface area contributed by atoms with Crippen LogP contribution in [0.15, 0.2) is 6.33 Å². The van der Waals surface area contributed by atoms with Crippen LogP contribution in [-0.4, -0.2) is 27.9 Å². The number of hydrogen-bond acceptors (Lipinski definition) is 3. The van der Waals surface area contributed by atoms with Crippen molar-refractivity contribution in [2.75, 3.05) is 13.1 Å². The Morgan fingerprint density at radius 2 is 2.06 bits per heavy atom. The lowest BCUT2D eigenvalue weighted by Crippen LogP contribution is -2.30. The van der Waals surface area contributed by atoms with Crippen LogP contribution < -0.4 is 5.32 Å². The predicted molar refractivity (Wildman–Crippen MR) is 62.4 cm³/mol. The highest BCUT2D eigenvalue weighted by atomic mass is 15.3. The predicted octanol–water partition coefficient (Wildman–Crippen LogP) is 1.86. The molecule has 1 aliphatic carbocycles. The van der Waals surface area contributed by atoms with Crippen molar-refractivity contribution in [3.63, 3.8) is 0 Å². The van der Waals surface area contributed by atoms with Crippen LogP contribution in [-0.2, 0) is 0 Å². The molecule has 1 atom stereocenters. The van der Waals surface area contributed by atoms with Gasteiger partial charge < -0.3 is 9.88 Å². The standard InChI is InChI=1S/C12H20N4/c1-2-6-11(5-1)16-9-14-15-12(16)10-4-3-7-13-8-10/h9-11,13H,1-8H2. The molecule has 0 aromatic carbocycles. The molecule has 1 aliphatic heterocycles. The lowest BCUT2D eigenvalue weighted by atomic mass is 9.98. The monoisotopic (exact) mass is 220 g/mol. The third-order valence-electron chi connectivity index (χ3n) is 3.98. The highest BCUT2D eigenvalue weighted by Crippen LogP contribution is 2.32. The fourth-order valence-electron chi connectivity index (χ4n) is 3.08. The Morgan fingerprint density at radius 1 is 1.19 bits per heavy atom. The van der Waals surface area contributed by atoms with Gasteiger partial charge in [-0.15, -0.1) is 10.2 Å². The Hall–Kier alpha value is -0.900. The number of hydrogen-bond donors (Lipinski definition) is 1. The van der Waals surface area contributed by atoms with E-state index in [0.717, 1.165) is 13.1 Å². The summed E-state index contributed by atoms with van der Waals surface area (Å²) in [6, 6.07) is 0.673. The van der Waals surface area contributed by atoms with Crippen molar-refractivity contribution >= 4 is 0 Å². The van der Waals surface area contributed by atoms with Crippen LogP contribution in [0, 0.1) is 0 Å². The first-order valence-corrected chi connectivity index (χ1v) is 6.55. The van der Waals surface area contributed by atoms with Crippen molar-refractivity contribution in [1.29, 1.82) is 0 Å². The molecule has 2 heterocycles. The fraction of sp³-hybridized carbons (Fsp3) is 0.833. The molecule has 4 nitrogen and oxygen atoms in total. The van der Waals surface area contributed by atoms with E-state index in [1.54, 1.807) is 0 Å². The smallest absolute Gasteiger partial charge is 0.137 e. The van der Waals surface area contributed by atoms with E-state index in [2.05, 4.69) is 20.1 Å². The van der Waals surface area contributed by atoms with Crippen LogP contribution in [0.1, 0.15) is 56.3 Å². The first-order valence-electron chi connectivity index (χ1n) is 6.55. The molecular weight excluding hydrogens is 200 g/mol. The number of nitrogens with one attached hydrogen (secondary N) is 1. The van der Waals surface area contributed by atoms with E-state index >= 15 is 0 Å². The third-order valence-corrected chi connectivity index (χ3v) is 3.98. The zero-order chi connectivity index (χ0) is 10.8. The van der Waals surface area contributed by atoms with Crippen molar-refractivity contribution in [2.45, 2.75) is 50.5 Å². The molecule has 1 aromatic rings. The molecule has 0 amide bonds. The Bertz CT molecular complexity index is 335. The SMILES string of the molecule is c1nnc(C2CCCNC2)n1C1CCCC1. The minimum Gasteiger partial charge on any atom is -0.316 e. The van der Waals surface area contributed by atoms with Gasteiger partial charge in [-0.3, -0.25) is 0 Å².